The van der Waals surface area contributed by atoms with Gasteiger partial charge in [-0.05, 0) is 41.8 Å². The average Bonchev–Trinajstić information content (AvgIpc) is 3.13. The van der Waals surface area contributed by atoms with E-state index in [0.29, 0.717) is 29.6 Å². The Morgan fingerprint density at radius 1 is 1.07 bits per heavy atom. The number of hydrogen-bond acceptors (Lipinski definition) is 5. The molecule has 2 N–H and O–H groups in total. The fourth-order valence-corrected chi connectivity index (χ4v) is 3.96. The SMILES string of the molecule is Nn1c(SCC(=O)N2CC=C(c3ccccc3)CC2)nnc1-c1ccc(F)cc1. The van der Waals surface area contributed by atoms with Crippen LogP contribution in [-0.4, -0.2) is 44.5 Å². The largest absolute Gasteiger partial charge is 0.338 e. The summed E-state index contributed by atoms with van der Waals surface area (Å²) in [4.78, 5) is 14.4. The summed E-state index contributed by atoms with van der Waals surface area (Å²) in [6.45, 7) is 1.29. The third kappa shape index (κ3) is 4.32. The number of nitrogen functional groups attached to an aromatic ring is 1. The van der Waals surface area contributed by atoms with Gasteiger partial charge in [0.2, 0.25) is 11.1 Å². The van der Waals surface area contributed by atoms with Crippen molar-refractivity contribution in [2.45, 2.75) is 11.6 Å². The summed E-state index contributed by atoms with van der Waals surface area (Å²) in [5, 5.41) is 8.56. The van der Waals surface area contributed by atoms with Gasteiger partial charge in [0.15, 0.2) is 5.82 Å². The van der Waals surface area contributed by atoms with Gasteiger partial charge in [0, 0.05) is 18.7 Å². The summed E-state index contributed by atoms with van der Waals surface area (Å²) >= 11 is 1.24. The van der Waals surface area contributed by atoms with E-state index in [4.69, 9.17) is 5.84 Å². The number of rotatable bonds is 5. The van der Waals surface area contributed by atoms with E-state index in [1.807, 2.05) is 23.1 Å². The third-order valence-electron chi connectivity index (χ3n) is 4.80. The van der Waals surface area contributed by atoms with E-state index in [9.17, 15) is 9.18 Å². The highest BCUT2D eigenvalue weighted by Crippen LogP contribution is 2.24. The normalized spacial score (nSPS) is 14.0. The molecule has 0 aliphatic carbocycles. The molecule has 0 unspecified atom stereocenters. The first-order valence-electron chi connectivity index (χ1n) is 9.23. The van der Waals surface area contributed by atoms with Crippen LogP contribution >= 0.6 is 11.8 Å². The monoisotopic (exact) mass is 409 g/mol. The molecule has 8 heteroatoms. The van der Waals surface area contributed by atoms with E-state index in [1.165, 1.54) is 39.7 Å². The van der Waals surface area contributed by atoms with Crippen LogP contribution in [0.2, 0.25) is 0 Å². The number of nitrogens with two attached hydrogens (primary N) is 1. The number of carbonyl (C=O) groups is 1. The van der Waals surface area contributed by atoms with Crippen molar-refractivity contribution < 1.29 is 9.18 Å². The molecule has 4 rings (SSSR count). The summed E-state index contributed by atoms with van der Waals surface area (Å²) in [6, 6.07) is 16.1. The second-order valence-electron chi connectivity index (χ2n) is 6.66. The van der Waals surface area contributed by atoms with Crippen LogP contribution in [0.15, 0.2) is 65.8 Å². The molecular weight excluding hydrogens is 389 g/mol. The molecule has 2 aromatic carbocycles. The van der Waals surface area contributed by atoms with Crippen LogP contribution in [-0.2, 0) is 4.79 Å². The molecule has 0 atom stereocenters. The van der Waals surface area contributed by atoms with Crippen molar-refractivity contribution in [3.63, 3.8) is 0 Å². The molecule has 1 aliphatic heterocycles. The predicted octanol–water partition coefficient (Wildman–Crippen LogP) is 3.21. The summed E-state index contributed by atoms with van der Waals surface area (Å²) in [6.07, 6.45) is 2.95. The molecule has 6 nitrogen and oxygen atoms in total. The molecule has 1 amide bonds. The first kappa shape index (κ1) is 19.2. The van der Waals surface area contributed by atoms with E-state index < -0.39 is 0 Å². The lowest BCUT2D eigenvalue weighted by Gasteiger charge is -2.26. The highest BCUT2D eigenvalue weighted by Gasteiger charge is 2.20. The first-order valence-corrected chi connectivity index (χ1v) is 10.2. The van der Waals surface area contributed by atoms with Crippen molar-refractivity contribution in [1.29, 1.82) is 0 Å². The maximum atomic E-state index is 13.1. The number of carbonyl (C=O) groups excluding carboxylic acids is 1. The second-order valence-corrected chi connectivity index (χ2v) is 7.60. The minimum atomic E-state index is -0.331. The van der Waals surface area contributed by atoms with E-state index in [-0.39, 0.29) is 17.5 Å². The van der Waals surface area contributed by atoms with Crippen LogP contribution in [0, 0.1) is 5.82 Å². The Morgan fingerprint density at radius 2 is 1.83 bits per heavy atom. The molecule has 3 aromatic rings. The molecule has 0 bridgehead atoms. The van der Waals surface area contributed by atoms with Crippen molar-refractivity contribution in [2.75, 3.05) is 24.7 Å². The van der Waals surface area contributed by atoms with Crippen LogP contribution in [0.5, 0.6) is 0 Å². The summed E-state index contributed by atoms with van der Waals surface area (Å²) < 4.78 is 14.4. The summed E-state index contributed by atoms with van der Waals surface area (Å²) in [7, 11) is 0. The van der Waals surface area contributed by atoms with Crippen LogP contribution in [0.25, 0.3) is 17.0 Å². The van der Waals surface area contributed by atoms with Gasteiger partial charge in [-0.3, -0.25) is 4.79 Å². The molecule has 0 spiro atoms. The lowest BCUT2D eigenvalue weighted by atomic mass is 10.00. The number of thioether (sulfide) groups is 1. The number of benzene rings is 2. The number of hydrogen-bond donors (Lipinski definition) is 1. The van der Waals surface area contributed by atoms with Gasteiger partial charge in [0.25, 0.3) is 0 Å². The zero-order valence-electron chi connectivity index (χ0n) is 15.7. The maximum Gasteiger partial charge on any atom is 0.233 e. The van der Waals surface area contributed by atoms with E-state index in [2.05, 4.69) is 28.4 Å². The van der Waals surface area contributed by atoms with Crippen molar-refractivity contribution in [3.8, 4) is 11.4 Å². The van der Waals surface area contributed by atoms with Crippen LogP contribution in [0.1, 0.15) is 12.0 Å². The molecule has 0 radical (unpaired) electrons. The predicted molar refractivity (Wildman–Crippen MR) is 112 cm³/mol. The van der Waals surface area contributed by atoms with Crippen LogP contribution in [0.4, 0.5) is 4.39 Å². The van der Waals surface area contributed by atoms with E-state index in [1.54, 1.807) is 12.1 Å². The molecule has 1 aliphatic rings. The van der Waals surface area contributed by atoms with Crippen molar-refractivity contribution >= 4 is 23.2 Å². The average molecular weight is 409 g/mol. The zero-order valence-corrected chi connectivity index (χ0v) is 16.5. The van der Waals surface area contributed by atoms with E-state index >= 15 is 0 Å². The number of nitrogens with zero attached hydrogens (tertiary/aromatic N) is 4. The van der Waals surface area contributed by atoms with Gasteiger partial charge in [0.05, 0.1) is 5.75 Å². The quantitative estimate of drug-likeness (QED) is 0.517. The molecule has 0 saturated heterocycles. The molecule has 0 fully saturated rings. The highest BCUT2D eigenvalue weighted by atomic mass is 32.2. The molecular formula is C21H20FN5OS. The van der Waals surface area contributed by atoms with Gasteiger partial charge in [0.1, 0.15) is 5.82 Å². The number of aromatic nitrogens is 3. The Labute approximate surface area is 172 Å². The van der Waals surface area contributed by atoms with Gasteiger partial charge in [-0.15, -0.1) is 10.2 Å². The summed E-state index contributed by atoms with van der Waals surface area (Å²) in [5.74, 6) is 6.42. The molecule has 1 aromatic heterocycles. The molecule has 148 valence electrons. The molecule has 29 heavy (non-hydrogen) atoms. The van der Waals surface area contributed by atoms with Crippen LogP contribution < -0.4 is 5.84 Å². The van der Waals surface area contributed by atoms with Gasteiger partial charge in [-0.1, -0.05) is 48.2 Å². The van der Waals surface area contributed by atoms with Gasteiger partial charge in [-0.2, -0.15) is 0 Å². The third-order valence-corrected chi connectivity index (χ3v) is 5.73. The fourth-order valence-electron chi connectivity index (χ4n) is 3.20. The summed E-state index contributed by atoms with van der Waals surface area (Å²) in [5.41, 5.74) is 3.14. The van der Waals surface area contributed by atoms with Crippen LogP contribution in [0.3, 0.4) is 0 Å². The first-order chi connectivity index (χ1) is 14.1. The zero-order chi connectivity index (χ0) is 20.2. The van der Waals surface area contributed by atoms with Gasteiger partial charge >= 0.3 is 0 Å². The van der Waals surface area contributed by atoms with Gasteiger partial charge in [-0.25, -0.2) is 9.07 Å². The molecule has 2 heterocycles. The minimum absolute atomic E-state index is 0.0321. The van der Waals surface area contributed by atoms with E-state index in [0.717, 1.165) is 6.42 Å². The second kappa shape index (κ2) is 8.48. The maximum absolute atomic E-state index is 13.1. The standard InChI is InChI=1S/C21H20FN5OS/c22-18-8-6-17(7-9-18)20-24-25-21(27(20)23)29-14-19(28)26-12-10-16(11-13-26)15-4-2-1-3-5-15/h1-10H,11-14,23H2. The molecule has 0 saturated carbocycles. The smallest absolute Gasteiger partial charge is 0.233 e. The number of halogens is 1. The Morgan fingerprint density at radius 3 is 2.52 bits per heavy atom. The number of amides is 1. The Hall–Kier alpha value is -3.13. The van der Waals surface area contributed by atoms with Crippen molar-refractivity contribution in [1.82, 2.24) is 19.8 Å². The Balaban J connectivity index is 1.36. The highest BCUT2D eigenvalue weighted by molar-refractivity contribution is 7.99. The fraction of sp³-hybridized carbons (Fsp3) is 0.190. The Kier molecular flexibility index (Phi) is 5.62. The van der Waals surface area contributed by atoms with Crippen molar-refractivity contribution in [3.05, 3.63) is 72.1 Å². The Bertz CT molecular complexity index is 1030. The topological polar surface area (TPSA) is 77.0 Å². The van der Waals surface area contributed by atoms with Gasteiger partial charge < -0.3 is 10.7 Å². The lowest BCUT2D eigenvalue weighted by molar-refractivity contribution is -0.127. The lowest BCUT2D eigenvalue weighted by Crippen LogP contribution is -2.36. The minimum Gasteiger partial charge on any atom is -0.338 e. The van der Waals surface area contributed by atoms with Crippen molar-refractivity contribution in [2.24, 2.45) is 0 Å².